The number of nitrogens with zero attached hydrogens (tertiary/aromatic N) is 1. The Morgan fingerprint density at radius 2 is 1.21 bits per heavy atom. The van der Waals surface area contributed by atoms with Crippen LogP contribution in [0.1, 0.15) is 84.0 Å². The van der Waals surface area contributed by atoms with Crippen molar-refractivity contribution in [1.29, 1.82) is 0 Å². The van der Waals surface area contributed by atoms with Gasteiger partial charge < -0.3 is 14.4 Å². The Morgan fingerprint density at radius 1 is 0.833 bits per heavy atom. The molecule has 2 heterocycles. The van der Waals surface area contributed by atoms with Gasteiger partial charge in [0, 0.05) is 18.0 Å². The molecule has 0 bridgehead atoms. The van der Waals surface area contributed by atoms with Crippen molar-refractivity contribution < 1.29 is 14.3 Å². The zero-order chi connectivity index (χ0) is 16.6. The first kappa shape index (κ1) is 16.8. The Balaban J connectivity index is 1.67. The molecule has 0 aromatic heterocycles. The second kappa shape index (κ2) is 6.60. The summed E-state index contributed by atoms with van der Waals surface area (Å²) in [6.07, 6.45) is 15.2. The lowest BCUT2D eigenvalue weighted by atomic mass is 9.69. The molecular weight excluding hydrogens is 302 g/mol. The van der Waals surface area contributed by atoms with Crippen LogP contribution in [0.25, 0.3) is 0 Å². The van der Waals surface area contributed by atoms with Crippen LogP contribution in [0, 0.1) is 0 Å². The summed E-state index contributed by atoms with van der Waals surface area (Å²) in [6, 6.07) is 0. The maximum Gasteiger partial charge on any atom is 0.220 e. The van der Waals surface area contributed by atoms with Crippen LogP contribution in [0.2, 0.25) is 0 Å². The van der Waals surface area contributed by atoms with E-state index in [4.69, 9.17) is 9.47 Å². The van der Waals surface area contributed by atoms with E-state index in [1.165, 1.54) is 64.2 Å². The summed E-state index contributed by atoms with van der Waals surface area (Å²) in [6.45, 7) is 3.60. The van der Waals surface area contributed by atoms with Gasteiger partial charge in [-0.3, -0.25) is 4.79 Å². The van der Waals surface area contributed by atoms with Crippen LogP contribution in [-0.2, 0) is 14.3 Å². The lowest BCUT2D eigenvalue weighted by Crippen LogP contribution is -2.64. The molecule has 2 saturated heterocycles. The maximum absolute atomic E-state index is 13.0. The largest absolute Gasteiger partial charge is 0.373 e. The van der Waals surface area contributed by atoms with Crippen LogP contribution in [0.15, 0.2) is 0 Å². The smallest absolute Gasteiger partial charge is 0.220 e. The number of hydrogen-bond acceptors (Lipinski definition) is 3. The van der Waals surface area contributed by atoms with Gasteiger partial charge in [-0.05, 0) is 38.5 Å². The molecule has 2 unspecified atom stereocenters. The number of epoxide rings is 2. The third-order valence-electron chi connectivity index (χ3n) is 6.85. The fraction of sp³-hybridized carbons (Fsp3) is 0.950. The minimum absolute atomic E-state index is 0.0392. The maximum atomic E-state index is 13.0. The zero-order valence-electron chi connectivity index (χ0n) is 15.2. The molecule has 4 rings (SSSR count). The normalized spacial score (nSPS) is 33.7. The molecule has 2 saturated carbocycles. The van der Waals surface area contributed by atoms with Gasteiger partial charge in [0.05, 0.1) is 25.4 Å². The van der Waals surface area contributed by atoms with Gasteiger partial charge in [-0.1, -0.05) is 38.5 Å². The number of ether oxygens (including phenoxy) is 2. The average molecular weight is 335 g/mol. The van der Waals surface area contributed by atoms with E-state index in [0.717, 1.165) is 26.1 Å². The van der Waals surface area contributed by atoms with Crippen molar-refractivity contribution in [1.82, 2.24) is 4.90 Å². The first-order chi connectivity index (χ1) is 11.6. The van der Waals surface area contributed by atoms with Crippen molar-refractivity contribution in [3.05, 3.63) is 0 Å². The van der Waals surface area contributed by atoms with Crippen molar-refractivity contribution in [2.45, 2.75) is 107 Å². The fourth-order valence-electron chi connectivity index (χ4n) is 5.85. The van der Waals surface area contributed by atoms with Crippen molar-refractivity contribution in [3.8, 4) is 0 Å². The zero-order valence-corrected chi connectivity index (χ0v) is 15.2. The van der Waals surface area contributed by atoms with Gasteiger partial charge >= 0.3 is 0 Å². The first-order valence-electron chi connectivity index (χ1n) is 10.2. The van der Waals surface area contributed by atoms with Crippen molar-refractivity contribution in [2.24, 2.45) is 0 Å². The molecule has 4 heteroatoms. The van der Waals surface area contributed by atoms with E-state index in [2.05, 4.69) is 4.90 Å². The molecule has 4 fully saturated rings. The molecule has 2 aliphatic heterocycles. The van der Waals surface area contributed by atoms with Gasteiger partial charge in [0.25, 0.3) is 0 Å². The predicted molar refractivity (Wildman–Crippen MR) is 92.9 cm³/mol. The molecule has 136 valence electrons. The monoisotopic (exact) mass is 335 g/mol. The van der Waals surface area contributed by atoms with Gasteiger partial charge in [0.15, 0.2) is 0 Å². The summed E-state index contributed by atoms with van der Waals surface area (Å²) in [4.78, 5) is 15.4. The molecule has 2 aliphatic carbocycles. The average Bonchev–Trinajstić information content (AvgIpc) is 3.46. The van der Waals surface area contributed by atoms with Crippen molar-refractivity contribution in [2.75, 3.05) is 13.2 Å². The van der Waals surface area contributed by atoms with Crippen LogP contribution in [0.5, 0.6) is 0 Å². The standard InChI is InChI=1S/C20H33NO3/c1-16(22)21(19(12-17-14-23-17)8-4-2-5-9-19)20(13-18-15-24-18)10-6-3-7-11-20/h17-18H,2-15H2,1H3. The highest BCUT2D eigenvalue weighted by Crippen LogP contribution is 2.49. The number of carbonyl (C=O) groups is 1. The second-order valence-corrected chi connectivity index (χ2v) is 8.74. The third kappa shape index (κ3) is 3.37. The Labute approximate surface area is 146 Å². The van der Waals surface area contributed by atoms with Gasteiger partial charge in [0.2, 0.25) is 5.91 Å². The molecule has 0 radical (unpaired) electrons. The number of carbonyl (C=O) groups excluding carboxylic acids is 1. The predicted octanol–water partition coefficient (Wildman–Crippen LogP) is 3.82. The molecule has 0 aromatic carbocycles. The Kier molecular flexibility index (Phi) is 4.63. The van der Waals surface area contributed by atoms with E-state index in [0.29, 0.717) is 18.1 Å². The lowest BCUT2D eigenvalue weighted by Gasteiger charge is -2.57. The van der Waals surface area contributed by atoms with Crippen LogP contribution < -0.4 is 0 Å². The summed E-state index contributed by atoms with van der Waals surface area (Å²) >= 11 is 0. The third-order valence-corrected chi connectivity index (χ3v) is 6.85. The summed E-state index contributed by atoms with van der Waals surface area (Å²) < 4.78 is 11.2. The molecule has 0 spiro atoms. The fourth-order valence-corrected chi connectivity index (χ4v) is 5.85. The number of rotatable bonds is 6. The van der Waals surface area contributed by atoms with Gasteiger partial charge in [-0.2, -0.15) is 0 Å². The molecule has 24 heavy (non-hydrogen) atoms. The molecule has 4 aliphatic rings. The summed E-state index contributed by atoms with van der Waals surface area (Å²) in [5.74, 6) is 0.292. The summed E-state index contributed by atoms with van der Waals surface area (Å²) in [5.41, 5.74) is 0.0783. The van der Waals surface area contributed by atoms with Crippen LogP contribution in [0.4, 0.5) is 0 Å². The second-order valence-electron chi connectivity index (χ2n) is 8.74. The van der Waals surface area contributed by atoms with E-state index < -0.39 is 0 Å². The SMILES string of the molecule is CC(=O)N(C1(CC2CO2)CCCCC1)C1(CC2CO2)CCCCC1. The van der Waals surface area contributed by atoms with Crippen LogP contribution in [-0.4, -0.2) is 47.3 Å². The number of amides is 1. The van der Waals surface area contributed by atoms with Gasteiger partial charge in [-0.15, -0.1) is 0 Å². The van der Waals surface area contributed by atoms with E-state index in [-0.39, 0.29) is 11.1 Å². The van der Waals surface area contributed by atoms with E-state index >= 15 is 0 Å². The highest BCUT2D eigenvalue weighted by molar-refractivity contribution is 5.75. The lowest BCUT2D eigenvalue weighted by molar-refractivity contribution is -0.153. The minimum Gasteiger partial charge on any atom is -0.373 e. The highest BCUT2D eigenvalue weighted by atomic mass is 16.6. The van der Waals surface area contributed by atoms with Gasteiger partial charge in [-0.25, -0.2) is 0 Å². The van der Waals surface area contributed by atoms with Gasteiger partial charge in [0.1, 0.15) is 0 Å². The Morgan fingerprint density at radius 3 is 1.50 bits per heavy atom. The molecule has 1 amide bonds. The summed E-state index contributed by atoms with van der Waals surface area (Å²) in [5, 5.41) is 0. The molecule has 2 atom stereocenters. The topological polar surface area (TPSA) is 45.4 Å². The number of hydrogen-bond donors (Lipinski definition) is 0. The molecule has 0 aromatic rings. The molecular formula is C20H33NO3. The molecule has 0 N–H and O–H groups in total. The Bertz CT molecular complexity index is 422. The minimum atomic E-state index is 0.0392. The van der Waals surface area contributed by atoms with E-state index in [1.54, 1.807) is 0 Å². The Hall–Kier alpha value is -0.610. The molecule has 4 nitrogen and oxygen atoms in total. The van der Waals surface area contributed by atoms with Crippen molar-refractivity contribution >= 4 is 5.91 Å². The highest BCUT2D eigenvalue weighted by Gasteiger charge is 2.53. The van der Waals surface area contributed by atoms with Crippen LogP contribution in [0.3, 0.4) is 0 Å². The van der Waals surface area contributed by atoms with E-state index in [9.17, 15) is 4.79 Å². The summed E-state index contributed by atoms with van der Waals surface area (Å²) in [7, 11) is 0. The quantitative estimate of drug-likeness (QED) is 0.693. The van der Waals surface area contributed by atoms with E-state index in [1.807, 2.05) is 6.92 Å². The van der Waals surface area contributed by atoms with Crippen molar-refractivity contribution in [3.63, 3.8) is 0 Å². The first-order valence-corrected chi connectivity index (χ1v) is 10.2. The van der Waals surface area contributed by atoms with Crippen LogP contribution >= 0.6 is 0 Å².